The zero-order valence-electron chi connectivity index (χ0n) is 18.7. The summed E-state index contributed by atoms with van der Waals surface area (Å²) in [4.78, 5) is 25.1. The molecule has 0 aliphatic rings. The fraction of sp³-hybridized carbons (Fsp3) is 0.160. The molecular formula is C25H23N3O6. The summed E-state index contributed by atoms with van der Waals surface area (Å²) in [5.74, 6) is 0.465. The smallest absolute Gasteiger partial charge is 0.360 e. The Bertz CT molecular complexity index is 1270. The Morgan fingerprint density at radius 2 is 1.79 bits per heavy atom. The van der Waals surface area contributed by atoms with Crippen LogP contribution in [-0.4, -0.2) is 42.5 Å². The van der Waals surface area contributed by atoms with Crippen LogP contribution in [0, 0.1) is 0 Å². The highest BCUT2D eigenvalue weighted by molar-refractivity contribution is 5.96. The van der Waals surface area contributed by atoms with E-state index in [2.05, 4.69) is 10.4 Å². The largest absolute Gasteiger partial charge is 0.493 e. The van der Waals surface area contributed by atoms with Crippen molar-refractivity contribution in [2.24, 2.45) is 0 Å². The summed E-state index contributed by atoms with van der Waals surface area (Å²) in [6.45, 7) is -0.258. The van der Waals surface area contributed by atoms with E-state index >= 15 is 0 Å². The predicted molar refractivity (Wildman–Crippen MR) is 123 cm³/mol. The van der Waals surface area contributed by atoms with E-state index in [1.165, 1.54) is 13.4 Å². The third-order valence-corrected chi connectivity index (χ3v) is 5.00. The molecule has 4 rings (SSSR count). The van der Waals surface area contributed by atoms with Crippen LogP contribution in [0.4, 0.5) is 0 Å². The molecule has 0 radical (unpaired) electrons. The van der Waals surface area contributed by atoms with E-state index in [0.29, 0.717) is 28.4 Å². The zero-order valence-corrected chi connectivity index (χ0v) is 18.7. The van der Waals surface area contributed by atoms with E-state index in [1.807, 2.05) is 30.3 Å². The molecule has 4 aromatic rings. The SMILES string of the molecule is COc1ccc(-c2cn(-c3ccccc3)nc2C(=O)OCC(=O)NCc2ccco2)cc1OC. The van der Waals surface area contributed by atoms with Gasteiger partial charge in [-0.2, -0.15) is 5.10 Å². The van der Waals surface area contributed by atoms with Crippen LogP contribution in [0.1, 0.15) is 16.2 Å². The third kappa shape index (κ3) is 5.09. The quantitative estimate of drug-likeness (QED) is 0.380. The molecule has 34 heavy (non-hydrogen) atoms. The molecule has 2 aromatic heterocycles. The second kappa shape index (κ2) is 10.4. The molecule has 0 aliphatic heterocycles. The van der Waals surface area contributed by atoms with Gasteiger partial charge < -0.3 is 23.9 Å². The summed E-state index contributed by atoms with van der Waals surface area (Å²) in [5, 5.41) is 7.07. The summed E-state index contributed by atoms with van der Waals surface area (Å²) in [7, 11) is 3.08. The van der Waals surface area contributed by atoms with Crippen LogP contribution < -0.4 is 14.8 Å². The minimum atomic E-state index is -0.729. The fourth-order valence-electron chi connectivity index (χ4n) is 3.30. The number of nitrogens with zero attached hydrogens (tertiary/aromatic N) is 2. The number of methoxy groups -OCH3 is 2. The molecule has 9 heteroatoms. The maximum absolute atomic E-state index is 12.9. The number of nitrogens with one attached hydrogen (secondary N) is 1. The first-order valence-corrected chi connectivity index (χ1v) is 10.4. The molecular weight excluding hydrogens is 438 g/mol. The van der Waals surface area contributed by atoms with E-state index < -0.39 is 18.5 Å². The summed E-state index contributed by atoms with van der Waals surface area (Å²) >= 11 is 0. The molecule has 0 fully saturated rings. The fourth-order valence-corrected chi connectivity index (χ4v) is 3.30. The average molecular weight is 461 g/mol. The number of hydrogen-bond donors (Lipinski definition) is 1. The molecule has 0 unspecified atom stereocenters. The molecule has 0 bridgehead atoms. The maximum atomic E-state index is 12.9. The van der Waals surface area contributed by atoms with Crippen molar-refractivity contribution in [3.05, 3.63) is 84.6 Å². The van der Waals surface area contributed by atoms with Gasteiger partial charge in [0.05, 0.1) is 32.7 Å². The number of benzene rings is 2. The number of carbonyl (C=O) groups is 2. The number of ether oxygens (including phenoxy) is 3. The van der Waals surface area contributed by atoms with Crippen LogP contribution in [0.25, 0.3) is 16.8 Å². The van der Waals surface area contributed by atoms with Gasteiger partial charge in [-0.1, -0.05) is 24.3 Å². The van der Waals surface area contributed by atoms with Crippen molar-refractivity contribution < 1.29 is 28.2 Å². The minimum absolute atomic E-state index is 0.0647. The summed E-state index contributed by atoms with van der Waals surface area (Å²) < 4.78 is 22.7. The van der Waals surface area contributed by atoms with Crippen LogP contribution in [0.5, 0.6) is 11.5 Å². The first kappa shape index (κ1) is 22.7. The number of amides is 1. The van der Waals surface area contributed by atoms with E-state index in [-0.39, 0.29) is 12.2 Å². The number of carbonyl (C=O) groups excluding carboxylic acids is 2. The van der Waals surface area contributed by atoms with E-state index in [9.17, 15) is 9.59 Å². The predicted octanol–water partition coefficient (Wildman–Crippen LogP) is 3.62. The Morgan fingerprint density at radius 3 is 2.50 bits per heavy atom. The molecule has 9 nitrogen and oxygen atoms in total. The standard InChI is InChI=1S/C25H23N3O6/c1-31-21-11-10-17(13-22(21)32-2)20-15-28(18-7-4-3-5-8-18)27-24(20)25(30)34-16-23(29)26-14-19-9-6-12-33-19/h3-13,15H,14,16H2,1-2H3,(H,26,29). The number of hydrogen-bond acceptors (Lipinski definition) is 7. The molecule has 0 atom stereocenters. The molecule has 174 valence electrons. The zero-order chi connectivity index (χ0) is 23.9. The molecule has 0 saturated carbocycles. The molecule has 0 spiro atoms. The molecule has 1 amide bonds. The first-order chi connectivity index (χ1) is 16.6. The van der Waals surface area contributed by atoms with Crippen molar-refractivity contribution in [3.8, 4) is 28.3 Å². The number of furan rings is 1. The highest BCUT2D eigenvalue weighted by Crippen LogP contribution is 2.34. The Morgan fingerprint density at radius 1 is 1.00 bits per heavy atom. The van der Waals surface area contributed by atoms with Crippen molar-refractivity contribution >= 4 is 11.9 Å². The van der Waals surface area contributed by atoms with Gasteiger partial charge in [0.1, 0.15) is 5.76 Å². The molecule has 2 aromatic carbocycles. The van der Waals surface area contributed by atoms with E-state index in [4.69, 9.17) is 18.6 Å². The van der Waals surface area contributed by atoms with Gasteiger partial charge in [0.15, 0.2) is 23.8 Å². The summed E-state index contributed by atoms with van der Waals surface area (Å²) in [5.41, 5.74) is 2.02. The van der Waals surface area contributed by atoms with Gasteiger partial charge in [-0.3, -0.25) is 4.79 Å². The van der Waals surface area contributed by atoms with Gasteiger partial charge >= 0.3 is 5.97 Å². The minimum Gasteiger partial charge on any atom is -0.493 e. The third-order valence-electron chi connectivity index (χ3n) is 5.00. The second-order valence-electron chi connectivity index (χ2n) is 7.17. The lowest BCUT2D eigenvalue weighted by atomic mass is 10.1. The molecule has 1 N–H and O–H groups in total. The molecule has 2 heterocycles. The van der Waals surface area contributed by atoms with Gasteiger partial charge in [-0.15, -0.1) is 0 Å². The van der Waals surface area contributed by atoms with Crippen LogP contribution in [-0.2, 0) is 16.1 Å². The number of rotatable bonds is 9. The van der Waals surface area contributed by atoms with Gasteiger partial charge in [0.2, 0.25) is 0 Å². The van der Waals surface area contributed by atoms with Crippen molar-refractivity contribution in [1.82, 2.24) is 15.1 Å². The Kier molecular flexibility index (Phi) is 6.92. The lowest BCUT2D eigenvalue weighted by molar-refractivity contribution is -0.124. The van der Waals surface area contributed by atoms with Crippen LogP contribution in [0.3, 0.4) is 0 Å². The van der Waals surface area contributed by atoms with E-state index in [0.717, 1.165) is 5.69 Å². The van der Waals surface area contributed by atoms with Gasteiger partial charge in [0.25, 0.3) is 5.91 Å². The van der Waals surface area contributed by atoms with Crippen LogP contribution in [0.15, 0.2) is 77.5 Å². The van der Waals surface area contributed by atoms with Gasteiger partial charge in [-0.05, 0) is 42.0 Å². The Hall–Kier alpha value is -4.53. The van der Waals surface area contributed by atoms with Crippen molar-refractivity contribution in [3.63, 3.8) is 0 Å². The topological polar surface area (TPSA) is 105 Å². The lowest BCUT2D eigenvalue weighted by Gasteiger charge is -2.09. The van der Waals surface area contributed by atoms with Gasteiger partial charge in [0, 0.05) is 11.8 Å². The monoisotopic (exact) mass is 461 g/mol. The van der Waals surface area contributed by atoms with Crippen molar-refractivity contribution in [1.29, 1.82) is 0 Å². The summed E-state index contributed by atoms with van der Waals surface area (Å²) in [6.07, 6.45) is 3.24. The number of para-hydroxylation sites is 1. The molecule has 0 aliphatic carbocycles. The maximum Gasteiger partial charge on any atom is 0.360 e. The normalized spacial score (nSPS) is 10.5. The van der Waals surface area contributed by atoms with Gasteiger partial charge in [-0.25, -0.2) is 9.48 Å². The van der Waals surface area contributed by atoms with Crippen LogP contribution >= 0.6 is 0 Å². The first-order valence-electron chi connectivity index (χ1n) is 10.4. The Balaban J connectivity index is 1.58. The molecule has 0 saturated heterocycles. The van der Waals surface area contributed by atoms with Crippen molar-refractivity contribution in [2.75, 3.05) is 20.8 Å². The lowest BCUT2D eigenvalue weighted by Crippen LogP contribution is -2.28. The highest BCUT2D eigenvalue weighted by Gasteiger charge is 2.22. The number of aromatic nitrogens is 2. The highest BCUT2D eigenvalue weighted by atomic mass is 16.5. The van der Waals surface area contributed by atoms with Crippen molar-refractivity contribution in [2.45, 2.75) is 6.54 Å². The second-order valence-corrected chi connectivity index (χ2v) is 7.17. The summed E-state index contributed by atoms with van der Waals surface area (Å²) in [6, 6.07) is 18.1. The van der Waals surface area contributed by atoms with Crippen LogP contribution in [0.2, 0.25) is 0 Å². The number of esters is 1. The average Bonchev–Trinajstić information content (AvgIpc) is 3.56. The van der Waals surface area contributed by atoms with E-state index in [1.54, 1.807) is 48.3 Å². The Labute approximate surface area is 195 Å².